The number of rotatable bonds is 1. The molecule has 1 aliphatic rings. The maximum absolute atomic E-state index is 11.4. The van der Waals surface area contributed by atoms with E-state index in [-0.39, 0.29) is 11.0 Å². The van der Waals surface area contributed by atoms with Crippen molar-refractivity contribution >= 4 is 34.4 Å². The van der Waals surface area contributed by atoms with E-state index in [2.05, 4.69) is 0 Å². The zero-order valence-corrected chi connectivity index (χ0v) is 11.9. The molecule has 5 heteroatoms. The molecule has 0 saturated heterocycles. The van der Waals surface area contributed by atoms with Crippen LogP contribution in [0.15, 0.2) is 17.0 Å². The van der Waals surface area contributed by atoms with E-state index in [1.165, 1.54) is 12.5 Å². The van der Waals surface area contributed by atoms with E-state index in [9.17, 15) is 9.59 Å². The van der Waals surface area contributed by atoms with Gasteiger partial charge < -0.3 is 4.90 Å². The molecular formula is C13H14ClNO2S. The van der Waals surface area contributed by atoms with Gasteiger partial charge in [-0.2, -0.15) is 0 Å². The standard InChI is InChI=1S/C13H14ClNO2S/c1-8(16)15-6-5-10-3-4-12(18-9(2)17)13(14)11(10)7-15/h3-4H,5-7H2,1-2H3. The fourth-order valence-corrected chi connectivity index (χ4v) is 3.09. The third-order valence-electron chi connectivity index (χ3n) is 3.00. The van der Waals surface area contributed by atoms with Gasteiger partial charge in [0.2, 0.25) is 5.91 Å². The second-order valence-electron chi connectivity index (χ2n) is 4.30. The smallest absolute Gasteiger partial charge is 0.219 e. The number of amides is 1. The highest BCUT2D eigenvalue weighted by atomic mass is 35.5. The first-order valence-electron chi connectivity index (χ1n) is 5.73. The molecule has 96 valence electrons. The highest BCUT2D eigenvalue weighted by Gasteiger charge is 2.22. The minimum absolute atomic E-state index is 0.0103. The van der Waals surface area contributed by atoms with Gasteiger partial charge in [0, 0.05) is 31.8 Å². The number of fused-ring (bicyclic) bond motifs is 1. The van der Waals surface area contributed by atoms with Crippen molar-refractivity contribution in [1.29, 1.82) is 0 Å². The quantitative estimate of drug-likeness (QED) is 0.744. The lowest BCUT2D eigenvalue weighted by Crippen LogP contribution is -2.34. The summed E-state index contributed by atoms with van der Waals surface area (Å²) in [6.45, 7) is 4.35. The molecule has 1 heterocycles. The van der Waals surface area contributed by atoms with Crippen molar-refractivity contribution in [2.24, 2.45) is 0 Å². The van der Waals surface area contributed by atoms with Crippen LogP contribution in [0, 0.1) is 0 Å². The second kappa shape index (κ2) is 5.33. The number of nitrogens with zero attached hydrogens (tertiary/aromatic N) is 1. The number of benzene rings is 1. The van der Waals surface area contributed by atoms with Crippen LogP contribution >= 0.6 is 23.4 Å². The Morgan fingerprint density at radius 3 is 2.67 bits per heavy atom. The Morgan fingerprint density at radius 1 is 1.33 bits per heavy atom. The first-order valence-corrected chi connectivity index (χ1v) is 6.92. The fourth-order valence-electron chi connectivity index (χ4n) is 2.07. The summed E-state index contributed by atoms with van der Waals surface area (Å²) >= 11 is 7.46. The zero-order valence-electron chi connectivity index (χ0n) is 10.3. The van der Waals surface area contributed by atoms with Gasteiger partial charge in [0.25, 0.3) is 0 Å². The monoisotopic (exact) mass is 283 g/mol. The number of hydrogen-bond donors (Lipinski definition) is 0. The maximum atomic E-state index is 11.4. The Morgan fingerprint density at radius 2 is 2.06 bits per heavy atom. The minimum Gasteiger partial charge on any atom is -0.338 e. The van der Waals surface area contributed by atoms with Crippen LogP contribution in [0.2, 0.25) is 5.02 Å². The lowest BCUT2D eigenvalue weighted by molar-refractivity contribution is -0.129. The number of carbonyl (C=O) groups excluding carboxylic acids is 2. The van der Waals surface area contributed by atoms with Gasteiger partial charge in [0.1, 0.15) is 0 Å². The molecule has 0 spiro atoms. The molecule has 1 amide bonds. The number of hydrogen-bond acceptors (Lipinski definition) is 3. The predicted octanol–water partition coefficient (Wildman–Crippen LogP) is 2.88. The van der Waals surface area contributed by atoms with E-state index in [4.69, 9.17) is 11.6 Å². The van der Waals surface area contributed by atoms with Crippen LogP contribution in [0.5, 0.6) is 0 Å². The van der Waals surface area contributed by atoms with Gasteiger partial charge in [0.05, 0.1) is 5.02 Å². The van der Waals surface area contributed by atoms with Crippen LogP contribution in [0.25, 0.3) is 0 Å². The van der Waals surface area contributed by atoms with Crippen molar-refractivity contribution < 1.29 is 9.59 Å². The topological polar surface area (TPSA) is 37.4 Å². The summed E-state index contributed by atoms with van der Waals surface area (Å²) in [4.78, 5) is 25.1. The highest BCUT2D eigenvalue weighted by molar-refractivity contribution is 8.13. The number of halogens is 1. The number of thioether (sulfide) groups is 1. The van der Waals surface area contributed by atoms with Crippen molar-refractivity contribution in [3.05, 3.63) is 28.3 Å². The molecule has 0 N–H and O–H groups in total. The molecule has 3 nitrogen and oxygen atoms in total. The normalized spacial score (nSPS) is 14.3. The summed E-state index contributed by atoms with van der Waals surface area (Å²) in [5.74, 6) is 0.0568. The lowest BCUT2D eigenvalue weighted by Gasteiger charge is -2.29. The Balaban J connectivity index is 2.35. The third-order valence-corrected chi connectivity index (χ3v) is 4.40. The minimum atomic E-state index is 0.0103. The van der Waals surface area contributed by atoms with Crippen molar-refractivity contribution in [3.8, 4) is 0 Å². The number of carbonyl (C=O) groups is 2. The van der Waals surface area contributed by atoms with Crippen LogP contribution in [-0.4, -0.2) is 22.5 Å². The molecule has 0 fully saturated rings. The van der Waals surface area contributed by atoms with Gasteiger partial charge in [-0.05, 0) is 23.6 Å². The lowest BCUT2D eigenvalue weighted by atomic mass is 10.00. The van der Waals surface area contributed by atoms with Crippen molar-refractivity contribution in [2.45, 2.75) is 31.7 Å². The molecule has 0 unspecified atom stereocenters. The highest BCUT2D eigenvalue weighted by Crippen LogP contribution is 2.35. The molecule has 0 saturated carbocycles. The molecule has 1 aliphatic heterocycles. The average molecular weight is 284 g/mol. The van der Waals surface area contributed by atoms with Crippen LogP contribution in [-0.2, 0) is 22.6 Å². The second-order valence-corrected chi connectivity index (χ2v) is 5.90. The molecule has 0 atom stereocenters. The largest absolute Gasteiger partial charge is 0.338 e. The Kier molecular flexibility index (Phi) is 3.97. The predicted molar refractivity (Wildman–Crippen MR) is 72.8 cm³/mol. The van der Waals surface area contributed by atoms with E-state index < -0.39 is 0 Å². The van der Waals surface area contributed by atoms with E-state index in [0.717, 1.165) is 35.2 Å². The van der Waals surface area contributed by atoms with Crippen molar-refractivity contribution in [2.75, 3.05) is 6.54 Å². The van der Waals surface area contributed by atoms with Crippen LogP contribution in [0.1, 0.15) is 25.0 Å². The van der Waals surface area contributed by atoms with Crippen LogP contribution < -0.4 is 0 Å². The summed E-state index contributed by atoms with van der Waals surface area (Å²) in [6.07, 6.45) is 0.819. The summed E-state index contributed by atoms with van der Waals surface area (Å²) in [5.41, 5.74) is 2.15. The van der Waals surface area contributed by atoms with Crippen molar-refractivity contribution in [3.63, 3.8) is 0 Å². The summed E-state index contributed by atoms with van der Waals surface area (Å²) in [6, 6.07) is 3.89. The SMILES string of the molecule is CC(=O)Sc1ccc2c(c1Cl)CN(C(C)=O)CC2. The molecule has 0 aliphatic carbocycles. The van der Waals surface area contributed by atoms with Gasteiger partial charge in [-0.3, -0.25) is 9.59 Å². The Labute approximate surface area is 115 Å². The van der Waals surface area contributed by atoms with Gasteiger partial charge in [-0.1, -0.05) is 29.4 Å². The summed E-state index contributed by atoms with van der Waals surface area (Å²) in [5, 5.41) is 0.620. The average Bonchev–Trinajstić information content (AvgIpc) is 2.32. The third kappa shape index (κ3) is 2.70. The van der Waals surface area contributed by atoms with E-state index in [1.807, 2.05) is 12.1 Å². The van der Waals surface area contributed by atoms with Gasteiger partial charge in [0.15, 0.2) is 5.12 Å². The molecule has 0 bridgehead atoms. The first-order chi connectivity index (χ1) is 8.49. The van der Waals surface area contributed by atoms with Gasteiger partial charge >= 0.3 is 0 Å². The zero-order chi connectivity index (χ0) is 13.3. The molecule has 18 heavy (non-hydrogen) atoms. The first kappa shape index (κ1) is 13.4. The van der Waals surface area contributed by atoms with E-state index in [1.54, 1.807) is 11.8 Å². The maximum Gasteiger partial charge on any atom is 0.219 e. The fraction of sp³-hybridized carbons (Fsp3) is 0.385. The molecular weight excluding hydrogens is 270 g/mol. The molecule has 2 rings (SSSR count). The Hall–Kier alpha value is -1.00. The van der Waals surface area contributed by atoms with E-state index in [0.29, 0.717) is 11.6 Å². The van der Waals surface area contributed by atoms with Crippen molar-refractivity contribution in [1.82, 2.24) is 4.90 Å². The summed E-state index contributed by atoms with van der Waals surface area (Å²) in [7, 11) is 0. The van der Waals surface area contributed by atoms with Crippen LogP contribution in [0.3, 0.4) is 0 Å². The molecule has 1 aromatic rings. The van der Waals surface area contributed by atoms with Gasteiger partial charge in [-0.15, -0.1) is 0 Å². The van der Waals surface area contributed by atoms with Gasteiger partial charge in [-0.25, -0.2) is 0 Å². The molecule has 0 aromatic heterocycles. The van der Waals surface area contributed by atoms with Crippen LogP contribution in [0.4, 0.5) is 0 Å². The summed E-state index contributed by atoms with van der Waals surface area (Å²) < 4.78 is 0. The van der Waals surface area contributed by atoms with E-state index >= 15 is 0 Å². The molecule has 1 aromatic carbocycles. The molecule has 0 radical (unpaired) electrons. The Bertz CT molecular complexity index is 516.